The quantitative estimate of drug-likeness (QED) is 0.769. The van der Waals surface area contributed by atoms with E-state index in [1.807, 2.05) is 0 Å². The number of aromatic nitrogens is 2. The van der Waals surface area contributed by atoms with Crippen molar-refractivity contribution >= 4 is 27.4 Å². The highest BCUT2D eigenvalue weighted by atomic mass is 32.1. The molecule has 2 heterocycles. The Kier molecular flexibility index (Phi) is 5.50. The fourth-order valence-electron chi connectivity index (χ4n) is 2.39. The third-order valence-corrected chi connectivity index (χ3v) is 4.81. The van der Waals surface area contributed by atoms with Gasteiger partial charge in [0.25, 0.3) is 0 Å². The van der Waals surface area contributed by atoms with E-state index in [1.165, 1.54) is 10.4 Å². The Hall–Kier alpha value is -1.24. The zero-order valence-electron chi connectivity index (χ0n) is 13.0. The summed E-state index contributed by atoms with van der Waals surface area (Å²) in [6.07, 6.45) is 3.00. The molecule has 0 bridgehead atoms. The Labute approximate surface area is 129 Å². The molecule has 0 unspecified atom stereocenters. The van der Waals surface area contributed by atoms with Gasteiger partial charge in [-0.05, 0) is 52.3 Å². The first-order chi connectivity index (χ1) is 10.0. The molecule has 0 aliphatic heterocycles. The van der Waals surface area contributed by atoms with Gasteiger partial charge in [-0.3, -0.25) is 4.90 Å². The summed E-state index contributed by atoms with van der Waals surface area (Å²) in [5.41, 5.74) is 7.29. The highest BCUT2D eigenvalue weighted by Crippen LogP contribution is 2.31. The van der Waals surface area contributed by atoms with Crippen LogP contribution in [0, 0.1) is 13.8 Å². The number of nitrogens with zero attached hydrogens (tertiary/aromatic N) is 3. The lowest BCUT2D eigenvalue weighted by Crippen LogP contribution is -2.21. The molecule has 5 nitrogen and oxygen atoms in total. The van der Waals surface area contributed by atoms with Gasteiger partial charge in [-0.1, -0.05) is 0 Å². The maximum absolute atomic E-state index is 8.78. The van der Waals surface area contributed by atoms with E-state index >= 15 is 0 Å². The number of fused-ring (bicyclic) bond motifs is 1. The number of rotatable bonds is 7. The van der Waals surface area contributed by atoms with Crippen molar-refractivity contribution in [2.45, 2.75) is 39.7 Å². The highest BCUT2D eigenvalue weighted by molar-refractivity contribution is 7.18. The van der Waals surface area contributed by atoms with Gasteiger partial charge in [0.05, 0.1) is 11.9 Å². The number of anilines is 1. The number of aliphatic hydroxyl groups is 1. The van der Waals surface area contributed by atoms with E-state index in [2.05, 4.69) is 35.8 Å². The molecule has 21 heavy (non-hydrogen) atoms. The Morgan fingerprint density at radius 2 is 1.95 bits per heavy atom. The second-order valence-electron chi connectivity index (χ2n) is 5.51. The Balaban J connectivity index is 2.05. The van der Waals surface area contributed by atoms with Crippen LogP contribution in [-0.2, 0) is 6.54 Å². The monoisotopic (exact) mass is 308 g/mol. The van der Waals surface area contributed by atoms with Crippen LogP contribution >= 0.6 is 11.3 Å². The third-order valence-electron chi connectivity index (χ3n) is 3.71. The summed E-state index contributed by atoms with van der Waals surface area (Å²) >= 11 is 1.68. The van der Waals surface area contributed by atoms with Gasteiger partial charge < -0.3 is 10.8 Å². The van der Waals surface area contributed by atoms with Gasteiger partial charge >= 0.3 is 0 Å². The van der Waals surface area contributed by atoms with Crippen LogP contribution in [0.5, 0.6) is 0 Å². The molecule has 0 aliphatic carbocycles. The number of thiophene rings is 1. The molecule has 0 fully saturated rings. The number of hydrogen-bond acceptors (Lipinski definition) is 6. The Morgan fingerprint density at radius 1 is 1.19 bits per heavy atom. The van der Waals surface area contributed by atoms with Crippen molar-refractivity contribution in [2.75, 3.05) is 25.9 Å². The molecule has 0 atom stereocenters. The van der Waals surface area contributed by atoms with Crippen molar-refractivity contribution in [2.24, 2.45) is 0 Å². The number of nitrogens with two attached hydrogens (primary N) is 1. The minimum Gasteiger partial charge on any atom is -0.396 e. The maximum Gasteiger partial charge on any atom is 0.146 e. The van der Waals surface area contributed by atoms with Gasteiger partial charge in [0, 0.05) is 11.5 Å². The predicted molar refractivity (Wildman–Crippen MR) is 88.6 cm³/mol. The van der Waals surface area contributed by atoms with E-state index in [0.717, 1.165) is 41.8 Å². The van der Waals surface area contributed by atoms with E-state index < -0.39 is 0 Å². The highest BCUT2D eigenvalue weighted by Gasteiger charge is 2.13. The van der Waals surface area contributed by atoms with E-state index in [4.69, 9.17) is 10.8 Å². The molecule has 2 aromatic heterocycles. The van der Waals surface area contributed by atoms with Gasteiger partial charge in [0.15, 0.2) is 0 Å². The second-order valence-corrected chi connectivity index (χ2v) is 6.71. The summed E-state index contributed by atoms with van der Waals surface area (Å²) in [7, 11) is 2.06. The normalized spacial score (nSPS) is 11.7. The minimum absolute atomic E-state index is 0.275. The van der Waals surface area contributed by atoms with Crippen LogP contribution in [0.25, 0.3) is 10.2 Å². The summed E-state index contributed by atoms with van der Waals surface area (Å²) in [5, 5.41) is 9.78. The molecule has 0 radical (unpaired) electrons. The standard InChI is InChI=1S/C15H24N4OS/c1-10-11(2)21-15-13(10)14(16)17-12(18-15)9-19(3)7-5-4-6-8-20/h20H,4-9H2,1-3H3,(H2,16,17,18). The first-order valence-electron chi connectivity index (χ1n) is 7.34. The number of nitrogen functional groups attached to an aromatic ring is 1. The largest absolute Gasteiger partial charge is 0.396 e. The second kappa shape index (κ2) is 7.15. The molecule has 0 aromatic carbocycles. The zero-order valence-corrected chi connectivity index (χ0v) is 13.8. The first kappa shape index (κ1) is 16.1. The lowest BCUT2D eigenvalue weighted by atomic mass is 10.2. The molecule has 0 saturated carbocycles. The fraction of sp³-hybridized carbons (Fsp3) is 0.600. The van der Waals surface area contributed by atoms with E-state index in [0.29, 0.717) is 12.4 Å². The minimum atomic E-state index is 0.275. The van der Waals surface area contributed by atoms with Crippen LogP contribution in [0.4, 0.5) is 5.82 Å². The molecule has 0 amide bonds. The zero-order chi connectivity index (χ0) is 15.4. The Bertz CT molecular complexity index is 611. The van der Waals surface area contributed by atoms with E-state index in [-0.39, 0.29) is 6.61 Å². The van der Waals surface area contributed by atoms with Gasteiger partial charge in [-0.2, -0.15) is 0 Å². The van der Waals surface area contributed by atoms with E-state index in [1.54, 1.807) is 11.3 Å². The number of hydrogen-bond donors (Lipinski definition) is 2. The van der Waals surface area contributed by atoms with Gasteiger partial charge in [0.2, 0.25) is 0 Å². The lowest BCUT2D eigenvalue weighted by molar-refractivity contribution is 0.269. The molecule has 0 aliphatic rings. The Morgan fingerprint density at radius 3 is 2.67 bits per heavy atom. The van der Waals surface area contributed by atoms with Crippen molar-refractivity contribution in [1.82, 2.24) is 14.9 Å². The summed E-state index contributed by atoms with van der Waals surface area (Å²) < 4.78 is 0. The van der Waals surface area contributed by atoms with E-state index in [9.17, 15) is 0 Å². The molecule has 2 aromatic rings. The predicted octanol–water partition coefficient (Wildman–Crippen LogP) is 2.48. The summed E-state index contributed by atoms with van der Waals surface area (Å²) in [5.74, 6) is 1.37. The van der Waals surface area contributed by atoms with Crippen molar-refractivity contribution in [3.8, 4) is 0 Å². The molecular formula is C15H24N4OS. The third kappa shape index (κ3) is 3.90. The molecule has 0 saturated heterocycles. The van der Waals surface area contributed by atoms with Crippen LogP contribution in [0.2, 0.25) is 0 Å². The fourth-order valence-corrected chi connectivity index (χ4v) is 3.44. The number of aryl methyl sites for hydroxylation is 2. The summed E-state index contributed by atoms with van der Waals surface area (Å²) in [6.45, 7) is 6.12. The molecule has 6 heteroatoms. The molecular weight excluding hydrogens is 284 g/mol. The molecule has 2 rings (SSSR count). The topological polar surface area (TPSA) is 75.3 Å². The molecule has 116 valence electrons. The van der Waals surface area contributed by atoms with Crippen LogP contribution in [-0.4, -0.2) is 40.2 Å². The average molecular weight is 308 g/mol. The average Bonchev–Trinajstić information content (AvgIpc) is 2.70. The van der Waals surface area contributed by atoms with Crippen molar-refractivity contribution in [3.63, 3.8) is 0 Å². The van der Waals surface area contributed by atoms with Crippen LogP contribution in [0.15, 0.2) is 0 Å². The lowest BCUT2D eigenvalue weighted by Gasteiger charge is -2.15. The summed E-state index contributed by atoms with van der Waals surface area (Å²) in [6, 6.07) is 0. The van der Waals surface area contributed by atoms with Gasteiger partial charge in [-0.15, -0.1) is 11.3 Å². The molecule has 3 N–H and O–H groups in total. The number of aliphatic hydroxyl groups excluding tert-OH is 1. The van der Waals surface area contributed by atoms with Crippen LogP contribution in [0.3, 0.4) is 0 Å². The van der Waals surface area contributed by atoms with Crippen molar-refractivity contribution in [3.05, 3.63) is 16.3 Å². The van der Waals surface area contributed by atoms with Crippen molar-refractivity contribution in [1.29, 1.82) is 0 Å². The molecule has 0 spiro atoms. The smallest absolute Gasteiger partial charge is 0.146 e. The van der Waals surface area contributed by atoms with Crippen molar-refractivity contribution < 1.29 is 5.11 Å². The van der Waals surface area contributed by atoms with Crippen LogP contribution in [0.1, 0.15) is 35.5 Å². The maximum atomic E-state index is 8.78. The van der Waals surface area contributed by atoms with Crippen LogP contribution < -0.4 is 5.73 Å². The van der Waals surface area contributed by atoms with Gasteiger partial charge in [0.1, 0.15) is 16.5 Å². The SMILES string of the molecule is Cc1sc2nc(CN(C)CCCCCO)nc(N)c2c1C. The van der Waals surface area contributed by atoms with Gasteiger partial charge in [-0.25, -0.2) is 9.97 Å². The number of unbranched alkanes of at least 4 members (excludes halogenated alkanes) is 2. The first-order valence-corrected chi connectivity index (χ1v) is 8.16. The summed E-state index contributed by atoms with van der Waals surface area (Å²) in [4.78, 5) is 13.5.